The van der Waals surface area contributed by atoms with Crippen molar-refractivity contribution in [1.29, 1.82) is 0 Å². The molecule has 1 aliphatic rings. The Morgan fingerprint density at radius 3 is 2.77 bits per heavy atom. The first-order valence-electron chi connectivity index (χ1n) is 9.14. The lowest BCUT2D eigenvalue weighted by atomic mass is 9.95. The molecule has 142 valence electrons. The van der Waals surface area contributed by atoms with E-state index in [-0.39, 0.29) is 6.04 Å². The SMILES string of the molecule is Cc1nn(CC(C)C)c(C)c1S(=O)(=O)NCC1NCCc2ccccc21. The third-order valence-corrected chi connectivity index (χ3v) is 6.49. The van der Waals surface area contributed by atoms with Gasteiger partial charge in [0, 0.05) is 19.1 Å². The Labute approximate surface area is 156 Å². The van der Waals surface area contributed by atoms with E-state index in [1.165, 1.54) is 11.1 Å². The molecule has 1 atom stereocenters. The van der Waals surface area contributed by atoms with Crippen LogP contribution in [-0.4, -0.2) is 31.3 Å². The van der Waals surface area contributed by atoms with E-state index in [0.29, 0.717) is 35.3 Å². The van der Waals surface area contributed by atoms with Crippen molar-refractivity contribution in [2.45, 2.75) is 51.6 Å². The molecule has 3 rings (SSSR count). The number of hydrogen-bond acceptors (Lipinski definition) is 4. The predicted molar refractivity (Wildman–Crippen MR) is 103 cm³/mol. The fourth-order valence-corrected chi connectivity index (χ4v) is 5.09. The minimum Gasteiger partial charge on any atom is -0.308 e. The smallest absolute Gasteiger partial charge is 0.244 e. The largest absolute Gasteiger partial charge is 0.308 e. The number of nitrogens with zero attached hydrogens (tertiary/aromatic N) is 2. The number of sulfonamides is 1. The van der Waals surface area contributed by atoms with Crippen molar-refractivity contribution in [1.82, 2.24) is 19.8 Å². The fourth-order valence-electron chi connectivity index (χ4n) is 3.63. The molecule has 0 bridgehead atoms. The molecule has 2 N–H and O–H groups in total. The van der Waals surface area contributed by atoms with Crippen molar-refractivity contribution in [2.24, 2.45) is 5.92 Å². The summed E-state index contributed by atoms with van der Waals surface area (Å²) in [7, 11) is -3.61. The number of fused-ring (bicyclic) bond motifs is 1. The van der Waals surface area contributed by atoms with Gasteiger partial charge in [-0.25, -0.2) is 13.1 Å². The Balaban J connectivity index is 1.80. The van der Waals surface area contributed by atoms with E-state index < -0.39 is 10.0 Å². The first kappa shape index (κ1) is 19.1. The van der Waals surface area contributed by atoms with Crippen LogP contribution in [-0.2, 0) is 23.0 Å². The molecule has 0 saturated heterocycles. The summed E-state index contributed by atoms with van der Waals surface area (Å²) in [6.07, 6.45) is 0.972. The molecular weight excluding hydrogens is 348 g/mol. The minimum absolute atomic E-state index is 0.0129. The topological polar surface area (TPSA) is 76.0 Å². The molecule has 0 amide bonds. The Bertz CT molecular complexity index is 887. The number of nitrogens with one attached hydrogen (secondary N) is 2. The van der Waals surface area contributed by atoms with Gasteiger partial charge >= 0.3 is 0 Å². The molecule has 0 radical (unpaired) electrons. The van der Waals surface area contributed by atoms with E-state index in [0.717, 1.165) is 13.0 Å². The number of hydrogen-bond donors (Lipinski definition) is 2. The van der Waals surface area contributed by atoms with Gasteiger partial charge in [-0.05, 0) is 43.9 Å². The van der Waals surface area contributed by atoms with E-state index >= 15 is 0 Å². The molecule has 7 heteroatoms. The third kappa shape index (κ3) is 3.84. The number of rotatable bonds is 6. The van der Waals surface area contributed by atoms with Crippen LogP contribution >= 0.6 is 0 Å². The summed E-state index contributed by atoms with van der Waals surface area (Å²) in [5.41, 5.74) is 3.70. The third-order valence-electron chi connectivity index (χ3n) is 4.81. The molecular formula is C19H28N4O2S. The maximum absolute atomic E-state index is 12.9. The van der Waals surface area contributed by atoms with Crippen LogP contribution in [0.15, 0.2) is 29.2 Å². The normalized spacial score (nSPS) is 17.5. The van der Waals surface area contributed by atoms with Crippen LogP contribution in [0.2, 0.25) is 0 Å². The van der Waals surface area contributed by atoms with E-state index in [4.69, 9.17) is 0 Å². The molecule has 1 aromatic carbocycles. The lowest BCUT2D eigenvalue weighted by Gasteiger charge is -2.27. The van der Waals surface area contributed by atoms with Crippen LogP contribution in [0.4, 0.5) is 0 Å². The van der Waals surface area contributed by atoms with Gasteiger partial charge in [0.25, 0.3) is 0 Å². The standard InChI is InChI=1S/C19H28N4O2S/c1-13(2)12-23-15(4)19(14(3)22-23)26(24,25)21-11-18-17-8-6-5-7-16(17)9-10-20-18/h5-8,13,18,20-21H,9-12H2,1-4H3. The molecule has 6 nitrogen and oxygen atoms in total. The van der Waals surface area contributed by atoms with Crippen molar-refractivity contribution in [2.75, 3.05) is 13.1 Å². The zero-order valence-electron chi connectivity index (χ0n) is 15.9. The highest BCUT2D eigenvalue weighted by Gasteiger charge is 2.27. The second-order valence-corrected chi connectivity index (χ2v) is 9.09. The van der Waals surface area contributed by atoms with Gasteiger partial charge in [0.2, 0.25) is 10.0 Å². The minimum atomic E-state index is -3.61. The van der Waals surface area contributed by atoms with Crippen LogP contribution < -0.4 is 10.0 Å². The Hall–Kier alpha value is -1.70. The molecule has 0 fully saturated rings. The molecule has 1 aromatic heterocycles. The lowest BCUT2D eigenvalue weighted by molar-refractivity contribution is 0.471. The second kappa shape index (κ2) is 7.50. The van der Waals surface area contributed by atoms with Crippen LogP contribution in [0.3, 0.4) is 0 Å². The summed E-state index contributed by atoms with van der Waals surface area (Å²) in [4.78, 5) is 0.308. The Morgan fingerprint density at radius 2 is 2.04 bits per heavy atom. The van der Waals surface area contributed by atoms with Crippen molar-refractivity contribution in [3.63, 3.8) is 0 Å². The van der Waals surface area contributed by atoms with Gasteiger partial charge in [0.05, 0.1) is 11.4 Å². The van der Waals surface area contributed by atoms with Crippen LogP contribution in [0.1, 0.15) is 42.4 Å². The lowest BCUT2D eigenvalue weighted by Crippen LogP contribution is -2.39. The van der Waals surface area contributed by atoms with Gasteiger partial charge in [-0.3, -0.25) is 4.68 Å². The summed E-state index contributed by atoms with van der Waals surface area (Å²) in [6, 6.07) is 8.19. The van der Waals surface area contributed by atoms with E-state index in [2.05, 4.69) is 41.1 Å². The first-order chi connectivity index (χ1) is 12.3. The van der Waals surface area contributed by atoms with Crippen molar-refractivity contribution in [3.05, 3.63) is 46.8 Å². The predicted octanol–water partition coefficient (Wildman–Crippen LogP) is 2.32. The molecule has 0 aliphatic carbocycles. The summed E-state index contributed by atoms with van der Waals surface area (Å²) < 4.78 is 30.5. The number of benzene rings is 1. The Morgan fingerprint density at radius 1 is 1.31 bits per heavy atom. The van der Waals surface area contributed by atoms with E-state index in [1.807, 2.05) is 19.1 Å². The zero-order chi connectivity index (χ0) is 18.9. The maximum Gasteiger partial charge on any atom is 0.244 e. The van der Waals surface area contributed by atoms with Crippen molar-refractivity contribution >= 4 is 10.0 Å². The second-order valence-electron chi connectivity index (χ2n) is 7.38. The molecule has 2 heterocycles. The first-order valence-corrected chi connectivity index (χ1v) is 10.6. The molecule has 1 unspecified atom stereocenters. The van der Waals surface area contributed by atoms with Gasteiger partial charge in [0.1, 0.15) is 4.90 Å². The average molecular weight is 377 g/mol. The summed E-state index contributed by atoms with van der Waals surface area (Å²) in [5.74, 6) is 0.402. The molecule has 1 aliphatic heterocycles. The Kier molecular flexibility index (Phi) is 5.50. The monoisotopic (exact) mass is 376 g/mol. The summed E-state index contributed by atoms with van der Waals surface area (Å²) >= 11 is 0. The molecule has 26 heavy (non-hydrogen) atoms. The fraction of sp³-hybridized carbons (Fsp3) is 0.526. The molecule has 2 aromatic rings. The zero-order valence-corrected chi connectivity index (χ0v) is 16.7. The van der Waals surface area contributed by atoms with Crippen molar-refractivity contribution < 1.29 is 8.42 Å². The van der Waals surface area contributed by atoms with Gasteiger partial charge in [0.15, 0.2) is 0 Å². The average Bonchev–Trinajstić information content (AvgIpc) is 2.86. The quantitative estimate of drug-likeness (QED) is 0.811. The number of aromatic nitrogens is 2. The van der Waals surface area contributed by atoms with Crippen LogP contribution in [0, 0.1) is 19.8 Å². The van der Waals surface area contributed by atoms with Gasteiger partial charge < -0.3 is 5.32 Å². The van der Waals surface area contributed by atoms with Gasteiger partial charge in [-0.1, -0.05) is 38.1 Å². The number of aryl methyl sites for hydroxylation is 1. The van der Waals surface area contributed by atoms with Crippen molar-refractivity contribution in [3.8, 4) is 0 Å². The highest BCUT2D eigenvalue weighted by molar-refractivity contribution is 7.89. The molecule has 0 saturated carbocycles. The highest BCUT2D eigenvalue weighted by Crippen LogP contribution is 2.24. The maximum atomic E-state index is 12.9. The van der Waals surface area contributed by atoms with Gasteiger partial charge in [-0.15, -0.1) is 0 Å². The van der Waals surface area contributed by atoms with Crippen LogP contribution in [0.25, 0.3) is 0 Å². The molecule has 0 spiro atoms. The summed E-state index contributed by atoms with van der Waals surface area (Å²) in [6.45, 7) is 9.66. The summed E-state index contributed by atoms with van der Waals surface area (Å²) in [5, 5.41) is 7.84. The van der Waals surface area contributed by atoms with E-state index in [1.54, 1.807) is 11.6 Å². The van der Waals surface area contributed by atoms with Crippen LogP contribution in [0.5, 0.6) is 0 Å². The highest BCUT2D eigenvalue weighted by atomic mass is 32.2. The van der Waals surface area contributed by atoms with E-state index in [9.17, 15) is 8.42 Å². The van der Waals surface area contributed by atoms with Gasteiger partial charge in [-0.2, -0.15) is 5.10 Å².